The summed E-state index contributed by atoms with van der Waals surface area (Å²) in [6.07, 6.45) is 1.56. The first kappa shape index (κ1) is 26.9. The predicted molar refractivity (Wildman–Crippen MR) is 163 cm³/mol. The molecule has 0 radical (unpaired) electrons. The third-order valence-electron chi connectivity index (χ3n) is 8.47. The number of benzene rings is 4. The molecule has 4 aliphatic rings. The van der Waals surface area contributed by atoms with E-state index in [0.29, 0.717) is 9.50 Å². The van der Waals surface area contributed by atoms with E-state index in [1.807, 2.05) is 48.5 Å². The Kier molecular flexibility index (Phi) is 6.27. The van der Waals surface area contributed by atoms with Crippen molar-refractivity contribution in [3.63, 3.8) is 0 Å². The largest absolute Gasteiger partial charge is 0.507 e. The molecule has 2 atom stereocenters. The van der Waals surface area contributed by atoms with Crippen molar-refractivity contribution in [3.8, 4) is 5.75 Å². The fourth-order valence-electron chi connectivity index (χ4n) is 6.89. The second kappa shape index (κ2) is 9.80. The summed E-state index contributed by atoms with van der Waals surface area (Å²) in [5.41, 5.74) is 5.15. The van der Waals surface area contributed by atoms with Gasteiger partial charge in [-0.3, -0.25) is 14.4 Å². The molecule has 1 aliphatic heterocycles. The van der Waals surface area contributed by atoms with E-state index in [-0.39, 0.29) is 33.8 Å². The Bertz CT molecular complexity index is 1830. The second-order valence-corrected chi connectivity index (χ2v) is 12.3. The Hall–Kier alpha value is -3.98. The minimum absolute atomic E-state index is 0.0285. The number of anilines is 1. The lowest BCUT2D eigenvalue weighted by Gasteiger charge is -2.52. The number of hydrogen-bond acceptors (Lipinski definition) is 5. The van der Waals surface area contributed by atoms with Crippen LogP contribution in [-0.4, -0.2) is 29.0 Å². The van der Waals surface area contributed by atoms with Crippen molar-refractivity contribution in [2.75, 3.05) is 4.90 Å². The van der Waals surface area contributed by atoms with Gasteiger partial charge in [-0.05, 0) is 58.7 Å². The lowest BCUT2D eigenvalue weighted by atomic mass is 9.47. The smallest absolute Gasteiger partial charge is 0.275 e. The number of phenolic OH excluding ortho intramolecular Hbond substituents is 1. The molecule has 3 aliphatic carbocycles. The van der Waals surface area contributed by atoms with Gasteiger partial charge in [0.05, 0.1) is 33.5 Å². The molecule has 1 saturated heterocycles. The zero-order valence-corrected chi connectivity index (χ0v) is 24.7. The number of phenols is 1. The fraction of sp³-hybridized carbons (Fsp3) is 0.125. The number of rotatable bonds is 4. The zero-order chi connectivity index (χ0) is 29.3. The van der Waals surface area contributed by atoms with Crippen molar-refractivity contribution in [2.45, 2.75) is 11.3 Å². The summed E-state index contributed by atoms with van der Waals surface area (Å²) in [5.74, 6) is -3.55. The van der Waals surface area contributed by atoms with Crippen molar-refractivity contribution in [1.29, 1.82) is 0 Å². The Morgan fingerprint density at radius 3 is 2.26 bits per heavy atom. The van der Waals surface area contributed by atoms with Gasteiger partial charge in [0.1, 0.15) is 5.75 Å². The van der Waals surface area contributed by atoms with Gasteiger partial charge in [-0.25, -0.2) is 10.3 Å². The Morgan fingerprint density at radius 1 is 0.929 bits per heavy atom. The molecule has 0 spiro atoms. The van der Waals surface area contributed by atoms with E-state index in [4.69, 9.17) is 23.2 Å². The maximum Gasteiger partial charge on any atom is 0.275 e. The van der Waals surface area contributed by atoms with Crippen molar-refractivity contribution < 1.29 is 19.5 Å². The minimum atomic E-state index is -1.18. The lowest BCUT2D eigenvalue weighted by molar-refractivity contribution is -0.122. The van der Waals surface area contributed by atoms with Crippen LogP contribution < -0.4 is 10.3 Å². The number of hydrogen-bond donors (Lipinski definition) is 2. The lowest BCUT2D eigenvalue weighted by Crippen LogP contribution is -2.54. The summed E-state index contributed by atoms with van der Waals surface area (Å²) in [4.78, 5) is 42.9. The number of amides is 3. The molecule has 2 bridgehead atoms. The maximum absolute atomic E-state index is 14.4. The summed E-state index contributed by atoms with van der Waals surface area (Å²) >= 11 is 15.9. The molecular formula is C32H20BrCl2N3O4. The molecule has 208 valence electrons. The third-order valence-corrected chi connectivity index (χ3v) is 9.50. The third kappa shape index (κ3) is 3.72. The second-order valence-electron chi connectivity index (χ2n) is 10.5. The molecule has 4 aromatic rings. The van der Waals surface area contributed by atoms with Gasteiger partial charge in [-0.1, -0.05) is 87.7 Å². The van der Waals surface area contributed by atoms with Crippen molar-refractivity contribution in [3.05, 3.63) is 127 Å². The van der Waals surface area contributed by atoms with Crippen LogP contribution in [0.1, 0.15) is 38.5 Å². The van der Waals surface area contributed by atoms with Gasteiger partial charge in [0.15, 0.2) is 0 Å². The number of carbonyl (C=O) groups is 3. The van der Waals surface area contributed by atoms with Gasteiger partial charge < -0.3 is 5.11 Å². The summed E-state index contributed by atoms with van der Waals surface area (Å²) in [6, 6.07) is 24.6. The van der Waals surface area contributed by atoms with Crippen molar-refractivity contribution in [2.24, 2.45) is 16.9 Å². The molecule has 10 heteroatoms. The molecule has 7 nitrogen and oxygen atoms in total. The zero-order valence-electron chi connectivity index (χ0n) is 21.6. The molecule has 42 heavy (non-hydrogen) atoms. The van der Waals surface area contributed by atoms with E-state index in [9.17, 15) is 19.5 Å². The molecule has 1 fully saturated rings. The Morgan fingerprint density at radius 2 is 1.60 bits per heavy atom. The molecule has 2 N–H and O–H groups in total. The van der Waals surface area contributed by atoms with Crippen LogP contribution in [0.25, 0.3) is 0 Å². The number of nitrogens with one attached hydrogen (secondary N) is 1. The van der Waals surface area contributed by atoms with Crippen LogP contribution in [0, 0.1) is 11.8 Å². The Labute approximate surface area is 258 Å². The number of hydrazone groups is 1. The van der Waals surface area contributed by atoms with Crippen molar-refractivity contribution in [1.82, 2.24) is 5.43 Å². The van der Waals surface area contributed by atoms with Gasteiger partial charge in [0, 0.05) is 21.6 Å². The van der Waals surface area contributed by atoms with E-state index in [0.717, 1.165) is 22.3 Å². The highest BCUT2D eigenvalue weighted by molar-refractivity contribution is 9.10. The van der Waals surface area contributed by atoms with Crippen LogP contribution in [0.3, 0.4) is 0 Å². The van der Waals surface area contributed by atoms with Crippen molar-refractivity contribution >= 4 is 68.8 Å². The first-order valence-electron chi connectivity index (χ1n) is 13.1. The summed E-state index contributed by atoms with van der Waals surface area (Å²) < 4.78 is 0.611. The first-order valence-corrected chi connectivity index (χ1v) is 14.6. The number of nitrogens with zero attached hydrogens (tertiary/aromatic N) is 2. The minimum Gasteiger partial charge on any atom is -0.507 e. The number of imide groups is 1. The standard InChI is InChI=1S/C32H20BrCl2N3O4/c33-16-9-12-25(39)20(13-16)29(40)37-36-15-32-21-7-3-1-5-18(21)26(19-6-2-4-8-22(19)32)27-28(32)31(42)38(30(27)41)24-11-10-17(34)14-23(24)35/h1-15,26-28,39H,(H,37,40)/b36-15+. The summed E-state index contributed by atoms with van der Waals surface area (Å²) in [5, 5.41) is 15.2. The number of aromatic hydroxyl groups is 1. The highest BCUT2D eigenvalue weighted by Gasteiger charge is 2.68. The van der Waals surface area contributed by atoms with E-state index in [1.54, 1.807) is 24.4 Å². The van der Waals surface area contributed by atoms with E-state index >= 15 is 0 Å². The normalized spacial score (nSPS) is 23.6. The molecule has 1 heterocycles. The van der Waals surface area contributed by atoms with Crippen LogP contribution in [0.5, 0.6) is 5.75 Å². The topological polar surface area (TPSA) is 99.1 Å². The summed E-state index contributed by atoms with van der Waals surface area (Å²) in [7, 11) is 0. The average Bonchev–Trinajstić information content (AvgIpc) is 3.25. The maximum atomic E-state index is 14.4. The highest BCUT2D eigenvalue weighted by Crippen LogP contribution is 2.63. The van der Waals surface area contributed by atoms with Gasteiger partial charge >= 0.3 is 0 Å². The predicted octanol–water partition coefficient (Wildman–Crippen LogP) is 6.43. The van der Waals surface area contributed by atoms with Crippen LogP contribution >= 0.6 is 39.1 Å². The van der Waals surface area contributed by atoms with E-state index in [2.05, 4.69) is 26.5 Å². The molecule has 8 rings (SSSR count). The number of halogens is 3. The highest BCUT2D eigenvalue weighted by atomic mass is 79.9. The molecular weight excluding hydrogens is 641 g/mol. The molecule has 4 aromatic carbocycles. The van der Waals surface area contributed by atoms with Crippen LogP contribution in [-0.2, 0) is 15.0 Å². The first-order chi connectivity index (χ1) is 20.2. The fourth-order valence-corrected chi connectivity index (χ4v) is 7.75. The Balaban J connectivity index is 1.40. The molecule has 0 aromatic heterocycles. The molecule has 3 amide bonds. The molecule has 2 unspecified atom stereocenters. The van der Waals surface area contributed by atoms with Gasteiger partial charge in [0.2, 0.25) is 11.8 Å². The number of carbonyl (C=O) groups excluding carboxylic acids is 3. The van der Waals surface area contributed by atoms with Crippen LogP contribution in [0.4, 0.5) is 5.69 Å². The monoisotopic (exact) mass is 659 g/mol. The van der Waals surface area contributed by atoms with Gasteiger partial charge in [-0.2, -0.15) is 5.10 Å². The van der Waals surface area contributed by atoms with Crippen LogP contribution in [0.2, 0.25) is 10.0 Å². The molecule has 0 saturated carbocycles. The quantitative estimate of drug-likeness (QED) is 0.150. The van der Waals surface area contributed by atoms with Gasteiger partial charge in [0.25, 0.3) is 5.91 Å². The summed E-state index contributed by atoms with van der Waals surface area (Å²) in [6.45, 7) is 0. The average molecular weight is 661 g/mol. The van der Waals surface area contributed by atoms with E-state index < -0.39 is 29.1 Å². The SMILES string of the molecule is O=C(N/N=C/C12c3ccccc3C(c3ccccc31)C1C(=O)N(c3ccc(Cl)cc3Cl)C(=O)C12)c1cc(Br)ccc1O. The van der Waals surface area contributed by atoms with Crippen LogP contribution in [0.15, 0.2) is 94.5 Å². The van der Waals surface area contributed by atoms with Gasteiger partial charge in [-0.15, -0.1) is 0 Å². The van der Waals surface area contributed by atoms with E-state index in [1.165, 1.54) is 23.1 Å².